The molecule has 2 aromatic rings. The van der Waals surface area contributed by atoms with Crippen LogP contribution in [0.1, 0.15) is 36.0 Å². The summed E-state index contributed by atoms with van der Waals surface area (Å²) < 4.78 is 4.69. The molecule has 24 heavy (non-hydrogen) atoms. The van der Waals surface area contributed by atoms with Crippen molar-refractivity contribution in [3.05, 3.63) is 36.0 Å². The molecule has 0 radical (unpaired) electrons. The first-order valence-corrected chi connectivity index (χ1v) is 8.16. The molecule has 0 saturated carbocycles. The Labute approximate surface area is 141 Å². The topological polar surface area (TPSA) is 80.2 Å². The van der Waals surface area contributed by atoms with E-state index >= 15 is 0 Å². The molecule has 1 aliphatic heterocycles. The minimum Gasteiger partial charge on any atom is -0.465 e. The first-order valence-electron chi connectivity index (χ1n) is 8.16. The Hall–Kier alpha value is -2.70. The van der Waals surface area contributed by atoms with Gasteiger partial charge in [-0.1, -0.05) is 12.8 Å². The van der Waals surface area contributed by atoms with Gasteiger partial charge in [-0.05, 0) is 37.1 Å². The molecule has 1 saturated heterocycles. The molecule has 0 amide bonds. The lowest BCUT2D eigenvalue weighted by Gasteiger charge is -2.20. The Bertz CT molecular complexity index is 682. The third-order valence-corrected chi connectivity index (χ3v) is 4.04. The van der Waals surface area contributed by atoms with Crippen molar-refractivity contribution in [1.29, 1.82) is 0 Å². The number of carbonyl (C=O) groups is 1. The summed E-state index contributed by atoms with van der Waals surface area (Å²) in [6.45, 7) is 2.01. The third kappa shape index (κ3) is 3.98. The predicted octanol–water partition coefficient (Wildman–Crippen LogP) is 2.78. The van der Waals surface area contributed by atoms with Crippen molar-refractivity contribution in [2.45, 2.75) is 25.7 Å². The summed E-state index contributed by atoms with van der Waals surface area (Å²) in [5.41, 5.74) is 1.29. The van der Waals surface area contributed by atoms with Crippen molar-refractivity contribution in [2.75, 3.05) is 30.4 Å². The normalized spacial score (nSPS) is 14.8. The Balaban J connectivity index is 1.71. The Morgan fingerprint density at radius 1 is 1.12 bits per heavy atom. The van der Waals surface area contributed by atoms with Gasteiger partial charge in [-0.25, -0.2) is 4.79 Å². The summed E-state index contributed by atoms with van der Waals surface area (Å²) >= 11 is 0. The monoisotopic (exact) mass is 327 g/mol. The maximum Gasteiger partial charge on any atom is 0.337 e. The van der Waals surface area contributed by atoms with E-state index in [1.54, 1.807) is 30.5 Å². The summed E-state index contributed by atoms with van der Waals surface area (Å²) in [5.74, 6) is 0.936. The highest BCUT2D eigenvalue weighted by Crippen LogP contribution is 2.19. The fourth-order valence-electron chi connectivity index (χ4n) is 2.74. The highest BCUT2D eigenvalue weighted by atomic mass is 16.5. The Kier molecular flexibility index (Phi) is 5.20. The van der Waals surface area contributed by atoms with Crippen molar-refractivity contribution < 1.29 is 9.53 Å². The smallest absolute Gasteiger partial charge is 0.337 e. The van der Waals surface area contributed by atoms with Crippen LogP contribution in [0.2, 0.25) is 0 Å². The molecule has 2 heterocycles. The first-order chi connectivity index (χ1) is 11.8. The van der Waals surface area contributed by atoms with E-state index in [0.29, 0.717) is 11.5 Å². The molecule has 126 valence electrons. The average Bonchev–Trinajstić information content (AvgIpc) is 2.91. The SMILES string of the molecule is COC(=O)c1ccc(Nc2nncc(N3CCCCCC3)n2)cc1. The fourth-order valence-corrected chi connectivity index (χ4v) is 2.74. The standard InChI is InChI=1S/C17H21N5O2/c1-24-16(23)13-6-8-14(9-7-13)19-17-20-15(12-18-21-17)22-10-4-2-3-5-11-22/h6-9,12H,2-5,10-11H2,1H3,(H,19,20,21). The van der Waals surface area contributed by atoms with Crippen molar-refractivity contribution in [3.8, 4) is 0 Å². The molecule has 3 rings (SSSR count). The lowest BCUT2D eigenvalue weighted by Crippen LogP contribution is -2.25. The van der Waals surface area contributed by atoms with Crippen molar-refractivity contribution >= 4 is 23.4 Å². The summed E-state index contributed by atoms with van der Waals surface area (Å²) in [6.07, 6.45) is 6.61. The van der Waals surface area contributed by atoms with Gasteiger partial charge in [-0.2, -0.15) is 10.1 Å². The molecule has 7 heteroatoms. The van der Waals surface area contributed by atoms with Gasteiger partial charge in [0, 0.05) is 18.8 Å². The molecule has 0 unspecified atom stereocenters. The van der Waals surface area contributed by atoms with Crippen LogP contribution in [-0.2, 0) is 4.74 Å². The summed E-state index contributed by atoms with van der Waals surface area (Å²) in [6, 6.07) is 6.96. The number of hydrogen-bond donors (Lipinski definition) is 1. The van der Waals surface area contributed by atoms with E-state index in [-0.39, 0.29) is 5.97 Å². The molecule has 0 atom stereocenters. The summed E-state index contributed by atoms with van der Waals surface area (Å²) in [4.78, 5) is 18.3. The van der Waals surface area contributed by atoms with Gasteiger partial charge in [0.25, 0.3) is 0 Å². The van der Waals surface area contributed by atoms with E-state index in [1.807, 2.05) is 0 Å². The number of ether oxygens (including phenoxy) is 1. The zero-order valence-corrected chi connectivity index (χ0v) is 13.7. The summed E-state index contributed by atoms with van der Waals surface area (Å²) in [7, 11) is 1.36. The van der Waals surface area contributed by atoms with Crippen LogP contribution in [0.15, 0.2) is 30.5 Å². The van der Waals surface area contributed by atoms with Crippen LogP contribution >= 0.6 is 0 Å². The average molecular weight is 327 g/mol. The van der Waals surface area contributed by atoms with Crippen LogP contribution in [0.4, 0.5) is 17.5 Å². The van der Waals surface area contributed by atoms with Gasteiger partial charge in [0.1, 0.15) is 0 Å². The van der Waals surface area contributed by atoms with E-state index in [9.17, 15) is 4.79 Å². The zero-order valence-electron chi connectivity index (χ0n) is 13.7. The van der Waals surface area contributed by atoms with E-state index in [0.717, 1.165) is 24.6 Å². The van der Waals surface area contributed by atoms with Gasteiger partial charge < -0.3 is 15.0 Å². The number of nitrogens with one attached hydrogen (secondary N) is 1. The number of hydrogen-bond acceptors (Lipinski definition) is 7. The van der Waals surface area contributed by atoms with Gasteiger partial charge >= 0.3 is 5.97 Å². The quantitative estimate of drug-likeness (QED) is 0.865. The molecule has 1 aromatic carbocycles. The van der Waals surface area contributed by atoms with Crippen molar-refractivity contribution in [3.63, 3.8) is 0 Å². The van der Waals surface area contributed by atoms with Crippen molar-refractivity contribution in [2.24, 2.45) is 0 Å². The zero-order chi connectivity index (χ0) is 16.8. The molecule has 0 bridgehead atoms. The van der Waals surface area contributed by atoms with Crippen LogP contribution in [0.5, 0.6) is 0 Å². The first kappa shape index (κ1) is 16.2. The van der Waals surface area contributed by atoms with Gasteiger partial charge in [0.15, 0.2) is 5.82 Å². The van der Waals surface area contributed by atoms with Crippen LogP contribution in [0.25, 0.3) is 0 Å². The molecule has 1 N–H and O–H groups in total. The molecular weight excluding hydrogens is 306 g/mol. The number of anilines is 3. The van der Waals surface area contributed by atoms with Crippen molar-refractivity contribution in [1.82, 2.24) is 15.2 Å². The molecular formula is C17H21N5O2. The van der Waals surface area contributed by atoms with Crippen LogP contribution in [-0.4, -0.2) is 41.3 Å². The predicted molar refractivity (Wildman–Crippen MR) is 91.6 cm³/mol. The molecule has 1 fully saturated rings. The van der Waals surface area contributed by atoms with Gasteiger partial charge in [0.05, 0.1) is 18.9 Å². The molecule has 1 aliphatic rings. The summed E-state index contributed by atoms with van der Waals surface area (Å²) in [5, 5.41) is 11.2. The van der Waals surface area contributed by atoms with Crippen LogP contribution in [0.3, 0.4) is 0 Å². The van der Waals surface area contributed by atoms with E-state index in [1.165, 1.54) is 32.8 Å². The number of esters is 1. The maximum absolute atomic E-state index is 11.4. The van der Waals surface area contributed by atoms with E-state index < -0.39 is 0 Å². The highest BCUT2D eigenvalue weighted by Gasteiger charge is 2.12. The number of rotatable bonds is 4. The second kappa shape index (κ2) is 7.72. The molecule has 0 spiro atoms. The molecule has 7 nitrogen and oxygen atoms in total. The lowest BCUT2D eigenvalue weighted by molar-refractivity contribution is 0.0601. The fraction of sp³-hybridized carbons (Fsp3) is 0.412. The van der Waals surface area contributed by atoms with E-state index in [4.69, 9.17) is 0 Å². The largest absolute Gasteiger partial charge is 0.465 e. The Morgan fingerprint density at radius 2 is 1.83 bits per heavy atom. The number of aromatic nitrogens is 3. The number of methoxy groups -OCH3 is 1. The minimum atomic E-state index is -0.359. The number of nitrogens with zero attached hydrogens (tertiary/aromatic N) is 4. The van der Waals surface area contributed by atoms with Gasteiger partial charge in [0.2, 0.25) is 5.95 Å². The lowest BCUT2D eigenvalue weighted by atomic mass is 10.2. The molecule has 1 aromatic heterocycles. The second-order valence-corrected chi connectivity index (χ2v) is 5.73. The van der Waals surface area contributed by atoms with Crippen LogP contribution in [0, 0.1) is 0 Å². The highest BCUT2D eigenvalue weighted by molar-refractivity contribution is 5.89. The number of benzene rings is 1. The molecule has 0 aliphatic carbocycles. The minimum absolute atomic E-state index is 0.359. The number of carbonyl (C=O) groups excluding carboxylic acids is 1. The van der Waals surface area contributed by atoms with Gasteiger partial charge in [-0.3, -0.25) is 0 Å². The third-order valence-electron chi connectivity index (χ3n) is 4.04. The Morgan fingerprint density at radius 3 is 2.50 bits per heavy atom. The second-order valence-electron chi connectivity index (χ2n) is 5.73. The maximum atomic E-state index is 11.4. The van der Waals surface area contributed by atoms with E-state index in [2.05, 4.69) is 30.1 Å². The van der Waals surface area contributed by atoms with Crippen LogP contribution < -0.4 is 10.2 Å². The van der Waals surface area contributed by atoms with Gasteiger partial charge in [-0.15, -0.1) is 5.10 Å².